The van der Waals surface area contributed by atoms with Gasteiger partial charge in [0.15, 0.2) is 0 Å². The molecule has 11 heavy (non-hydrogen) atoms. The molecule has 0 atom stereocenters. The van der Waals surface area contributed by atoms with Gasteiger partial charge in [0.2, 0.25) is 0 Å². The highest BCUT2D eigenvalue weighted by molar-refractivity contribution is 5.18. The molecule has 0 aliphatic rings. The maximum absolute atomic E-state index is 3.88. The Morgan fingerprint density at radius 2 is 1.64 bits per heavy atom. The Hall–Kier alpha value is -0.520. The molecule has 0 aromatic rings. The third-order valence-electron chi connectivity index (χ3n) is 1.59. The smallest absolute Gasteiger partial charge is 0.0320 e. The molecule has 0 fully saturated rings. The Labute approximate surface area is 71.0 Å². The second kappa shape index (κ2) is 6.21. The summed E-state index contributed by atoms with van der Waals surface area (Å²) in [6.07, 6.45) is 7.20. The fourth-order valence-corrected chi connectivity index (χ4v) is 1.26. The molecule has 0 amide bonds. The van der Waals surface area contributed by atoms with Gasteiger partial charge in [-0.05, 0) is 19.8 Å². The van der Waals surface area contributed by atoms with Gasteiger partial charge in [-0.1, -0.05) is 50.5 Å². The van der Waals surface area contributed by atoms with Crippen LogP contribution in [0.2, 0.25) is 0 Å². The van der Waals surface area contributed by atoms with Gasteiger partial charge in [-0.3, -0.25) is 0 Å². The van der Waals surface area contributed by atoms with Crippen molar-refractivity contribution in [1.29, 1.82) is 0 Å². The fourth-order valence-electron chi connectivity index (χ4n) is 1.26. The molecular formula is C11H20. The molecule has 0 aromatic heterocycles. The van der Waals surface area contributed by atoms with Gasteiger partial charge in [-0.2, -0.15) is 0 Å². The van der Waals surface area contributed by atoms with Crippen LogP contribution in [-0.4, -0.2) is 0 Å². The van der Waals surface area contributed by atoms with Gasteiger partial charge >= 0.3 is 0 Å². The average molecular weight is 152 g/mol. The summed E-state index contributed by atoms with van der Waals surface area (Å²) in [7, 11) is 0. The first-order valence-corrected chi connectivity index (χ1v) is 4.55. The molecule has 0 rings (SSSR count). The molecule has 0 bridgehead atoms. The lowest BCUT2D eigenvalue weighted by molar-refractivity contribution is 0.802. The van der Waals surface area contributed by atoms with Crippen LogP contribution in [0.1, 0.15) is 46.5 Å². The highest BCUT2D eigenvalue weighted by Gasteiger charge is 1.93. The molecule has 0 aliphatic carbocycles. The molecule has 0 nitrogen and oxygen atoms in total. The third kappa shape index (κ3) is 5.90. The first-order chi connectivity index (χ1) is 5.20. The molecule has 0 aromatic carbocycles. The van der Waals surface area contributed by atoms with Gasteiger partial charge in [-0.15, -0.1) is 0 Å². The first-order valence-electron chi connectivity index (χ1n) is 4.55. The highest BCUT2D eigenvalue weighted by atomic mass is 14.0. The predicted octanol–water partition coefficient (Wildman–Crippen LogP) is 4.09. The quantitative estimate of drug-likeness (QED) is 0.520. The van der Waals surface area contributed by atoms with Crippen molar-refractivity contribution in [3.05, 3.63) is 23.8 Å². The Balaban J connectivity index is 3.96. The van der Waals surface area contributed by atoms with Crippen LogP contribution in [0.4, 0.5) is 0 Å². The SMILES string of the molecule is C=C(C)C=C(CCC)CCC. The largest absolute Gasteiger partial charge is 0.0961 e. The van der Waals surface area contributed by atoms with Gasteiger partial charge in [0.05, 0.1) is 0 Å². The molecule has 0 heterocycles. The van der Waals surface area contributed by atoms with E-state index in [9.17, 15) is 0 Å². The average Bonchev–Trinajstić information content (AvgIpc) is 1.87. The van der Waals surface area contributed by atoms with E-state index in [0.717, 1.165) is 0 Å². The number of hydrogen-bond acceptors (Lipinski definition) is 0. The fraction of sp³-hybridized carbons (Fsp3) is 0.636. The Morgan fingerprint density at radius 1 is 1.18 bits per heavy atom. The minimum absolute atomic E-state index is 1.18. The normalized spacial score (nSPS) is 9.36. The van der Waals surface area contributed by atoms with E-state index in [0.29, 0.717) is 0 Å². The van der Waals surface area contributed by atoms with E-state index in [1.807, 2.05) is 0 Å². The van der Waals surface area contributed by atoms with Crippen LogP contribution >= 0.6 is 0 Å². The minimum Gasteiger partial charge on any atom is -0.0961 e. The summed E-state index contributed by atoms with van der Waals surface area (Å²) in [5, 5.41) is 0. The molecule has 0 saturated carbocycles. The van der Waals surface area contributed by atoms with Crippen molar-refractivity contribution in [3.8, 4) is 0 Å². The van der Waals surface area contributed by atoms with Crippen LogP contribution in [0.25, 0.3) is 0 Å². The van der Waals surface area contributed by atoms with Crippen molar-refractivity contribution in [2.24, 2.45) is 0 Å². The van der Waals surface area contributed by atoms with E-state index < -0.39 is 0 Å². The van der Waals surface area contributed by atoms with Gasteiger partial charge in [0, 0.05) is 0 Å². The zero-order chi connectivity index (χ0) is 8.69. The Morgan fingerprint density at radius 3 is 1.91 bits per heavy atom. The van der Waals surface area contributed by atoms with E-state index in [1.165, 1.54) is 31.3 Å². The van der Waals surface area contributed by atoms with Crippen LogP contribution in [-0.2, 0) is 0 Å². The topological polar surface area (TPSA) is 0 Å². The van der Waals surface area contributed by atoms with E-state index in [1.54, 1.807) is 5.57 Å². The number of hydrogen-bond donors (Lipinski definition) is 0. The molecule has 0 unspecified atom stereocenters. The number of rotatable bonds is 5. The van der Waals surface area contributed by atoms with Crippen LogP contribution < -0.4 is 0 Å². The van der Waals surface area contributed by atoms with Crippen LogP contribution in [0.5, 0.6) is 0 Å². The second-order valence-corrected chi connectivity index (χ2v) is 3.15. The molecule has 0 spiro atoms. The summed E-state index contributed by atoms with van der Waals surface area (Å²) in [5.74, 6) is 0. The van der Waals surface area contributed by atoms with Gasteiger partial charge in [0.25, 0.3) is 0 Å². The van der Waals surface area contributed by atoms with Crippen LogP contribution in [0.3, 0.4) is 0 Å². The summed E-state index contributed by atoms with van der Waals surface area (Å²) < 4.78 is 0. The lowest BCUT2D eigenvalue weighted by atomic mass is 10.0. The number of allylic oxidation sites excluding steroid dienone is 3. The zero-order valence-electron chi connectivity index (χ0n) is 8.11. The standard InChI is InChI=1S/C11H20/c1-5-7-11(8-6-2)9-10(3)4/h9H,3,5-8H2,1-2,4H3. The predicted molar refractivity (Wildman–Crippen MR) is 52.7 cm³/mol. The molecular weight excluding hydrogens is 132 g/mol. The van der Waals surface area contributed by atoms with Crippen LogP contribution in [0.15, 0.2) is 23.8 Å². The molecule has 0 aliphatic heterocycles. The van der Waals surface area contributed by atoms with Crippen molar-refractivity contribution < 1.29 is 0 Å². The van der Waals surface area contributed by atoms with E-state index in [-0.39, 0.29) is 0 Å². The maximum Gasteiger partial charge on any atom is -0.0320 e. The highest BCUT2D eigenvalue weighted by Crippen LogP contribution is 2.13. The van der Waals surface area contributed by atoms with E-state index in [2.05, 4.69) is 33.4 Å². The molecule has 0 heteroatoms. The summed E-state index contributed by atoms with van der Waals surface area (Å²) in [4.78, 5) is 0. The van der Waals surface area contributed by atoms with Crippen molar-refractivity contribution in [3.63, 3.8) is 0 Å². The molecule has 64 valence electrons. The monoisotopic (exact) mass is 152 g/mol. The van der Waals surface area contributed by atoms with Gasteiger partial charge < -0.3 is 0 Å². The van der Waals surface area contributed by atoms with Gasteiger partial charge in [0.1, 0.15) is 0 Å². The minimum atomic E-state index is 1.18. The lowest BCUT2D eigenvalue weighted by Crippen LogP contribution is -1.83. The van der Waals surface area contributed by atoms with Gasteiger partial charge in [-0.25, -0.2) is 0 Å². The summed E-state index contributed by atoms with van der Waals surface area (Å²) in [5.41, 5.74) is 2.74. The van der Waals surface area contributed by atoms with Crippen molar-refractivity contribution in [2.75, 3.05) is 0 Å². The Kier molecular flexibility index (Phi) is 5.91. The van der Waals surface area contributed by atoms with Crippen molar-refractivity contribution in [2.45, 2.75) is 46.5 Å². The van der Waals surface area contributed by atoms with Crippen molar-refractivity contribution >= 4 is 0 Å². The van der Waals surface area contributed by atoms with E-state index >= 15 is 0 Å². The summed E-state index contributed by atoms with van der Waals surface area (Å²) in [6, 6.07) is 0. The van der Waals surface area contributed by atoms with Crippen molar-refractivity contribution in [1.82, 2.24) is 0 Å². The summed E-state index contributed by atoms with van der Waals surface area (Å²) >= 11 is 0. The first kappa shape index (κ1) is 10.5. The van der Waals surface area contributed by atoms with Crippen LogP contribution in [0, 0.1) is 0 Å². The molecule has 0 N–H and O–H groups in total. The Bertz CT molecular complexity index is 132. The zero-order valence-corrected chi connectivity index (χ0v) is 8.11. The molecule has 0 radical (unpaired) electrons. The third-order valence-corrected chi connectivity index (χ3v) is 1.59. The maximum atomic E-state index is 3.88. The lowest BCUT2D eigenvalue weighted by Gasteiger charge is -2.03. The molecule has 0 saturated heterocycles. The second-order valence-electron chi connectivity index (χ2n) is 3.15. The summed E-state index contributed by atoms with van der Waals surface area (Å²) in [6.45, 7) is 10.4. The van der Waals surface area contributed by atoms with E-state index in [4.69, 9.17) is 0 Å².